The average Bonchev–Trinajstić information content (AvgIpc) is 3.55. The molecule has 0 spiro atoms. The average molecular weight is 418 g/mol. The predicted octanol–water partition coefficient (Wildman–Crippen LogP) is 2.57. The van der Waals surface area contributed by atoms with E-state index in [0.717, 1.165) is 74.4 Å². The van der Waals surface area contributed by atoms with E-state index < -0.39 is 0 Å². The maximum Gasteiger partial charge on any atom is 0.162 e. The van der Waals surface area contributed by atoms with Crippen molar-refractivity contribution in [3.8, 4) is 11.4 Å². The van der Waals surface area contributed by atoms with E-state index in [-0.39, 0.29) is 0 Å². The van der Waals surface area contributed by atoms with Crippen LogP contribution in [0.1, 0.15) is 30.7 Å². The smallest absolute Gasteiger partial charge is 0.162 e. The molecule has 5 heterocycles. The second kappa shape index (κ2) is 8.01. The van der Waals surface area contributed by atoms with E-state index in [9.17, 15) is 0 Å². The highest BCUT2D eigenvalue weighted by atomic mass is 16.5. The Kier molecular flexibility index (Phi) is 4.88. The van der Waals surface area contributed by atoms with Gasteiger partial charge in [-0.25, -0.2) is 15.0 Å². The summed E-state index contributed by atoms with van der Waals surface area (Å²) in [5.41, 5.74) is 3.20. The fourth-order valence-electron chi connectivity index (χ4n) is 4.53. The molecule has 8 nitrogen and oxygen atoms in total. The van der Waals surface area contributed by atoms with Crippen molar-refractivity contribution in [1.82, 2.24) is 25.3 Å². The van der Waals surface area contributed by atoms with Gasteiger partial charge < -0.3 is 20.3 Å². The summed E-state index contributed by atoms with van der Waals surface area (Å²) in [7, 11) is 0. The minimum absolute atomic E-state index is 0.307. The van der Waals surface area contributed by atoms with Gasteiger partial charge in [0.15, 0.2) is 5.82 Å². The van der Waals surface area contributed by atoms with Crippen LogP contribution >= 0.6 is 0 Å². The van der Waals surface area contributed by atoms with Crippen molar-refractivity contribution >= 4 is 22.5 Å². The van der Waals surface area contributed by atoms with Gasteiger partial charge in [-0.05, 0) is 42.9 Å². The summed E-state index contributed by atoms with van der Waals surface area (Å²) in [6, 6.07) is 4.33. The van der Waals surface area contributed by atoms with Crippen LogP contribution in [0.4, 0.5) is 11.6 Å². The molecule has 0 unspecified atom stereocenters. The van der Waals surface area contributed by atoms with Crippen LogP contribution in [0, 0.1) is 0 Å². The molecule has 6 rings (SSSR count). The standard InChI is InChI=1S/C23H27N7O/c1-2-15(1)18-12-25-13-19-21(18)23(30-8-6-24-7-9-30)29-22(28-19)16-3-5-26-20(11-16)27-17-4-10-31-14-17/h3,5,11-13,15,17,24H,1-2,4,6-10,14H2,(H,26,27)/t17-/m1/s1. The summed E-state index contributed by atoms with van der Waals surface area (Å²) in [4.78, 5) is 21.5. The van der Waals surface area contributed by atoms with Crippen molar-refractivity contribution in [2.75, 3.05) is 49.6 Å². The highest BCUT2D eigenvalue weighted by molar-refractivity contribution is 5.94. The third-order valence-corrected chi connectivity index (χ3v) is 6.35. The Morgan fingerprint density at radius 3 is 2.81 bits per heavy atom. The van der Waals surface area contributed by atoms with Crippen LogP contribution in [0.15, 0.2) is 30.7 Å². The molecule has 0 aromatic carbocycles. The molecule has 0 amide bonds. The van der Waals surface area contributed by atoms with Crippen molar-refractivity contribution < 1.29 is 4.74 Å². The summed E-state index contributed by atoms with van der Waals surface area (Å²) < 4.78 is 5.48. The topological polar surface area (TPSA) is 88.1 Å². The second-order valence-corrected chi connectivity index (χ2v) is 8.64. The van der Waals surface area contributed by atoms with Crippen molar-refractivity contribution in [3.63, 3.8) is 0 Å². The summed E-state index contributed by atoms with van der Waals surface area (Å²) in [6.45, 7) is 5.36. The molecular formula is C23H27N7O. The van der Waals surface area contributed by atoms with E-state index in [2.05, 4.69) is 25.5 Å². The van der Waals surface area contributed by atoms with Crippen molar-refractivity contribution in [3.05, 3.63) is 36.3 Å². The van der Waals surface area contributed by atoms with Gasteiger partial charge in [-0.1, -0.05) is 0 Å². The molecule has 1 aliphatic carbocycles. The lowest BCUT2D eigenvalue weighted by molar-refractivity contribution is 0.195. The molecule has 2 aliphatic heterocycles. The van der Waals surface area contributed by atoms with E-state index in [0.29, 0.717) is 12.0 Å². The Labute approximate surface area is 181 Å². The maximum absolute atomic E-state index is 5.48. The molecule has 3 aromatic rings. The zero-order valence-corrected chi connectivity index (χ0v) is 17.5. The third kappa shape index (κ3) is 3.81. The lowest BCUT2D eigenvalue weighted by Gasteiger charge is -2.30. The summed E-state index contributed by atoms with van der Waals surface area (Å²) >= 11 is 0. The largest absolute Gasteiger partial charge is 0.379 e. The minimum Gasteiger partial charge on any atom is -0.379 e. The lowest BCUT2D eigenvalue weighted by Crippen LogP contribution is -2.44. The number of fused-ring (bicyclic) bond motifs is 1. The fourth-order valence-corrected chi connectivity index (χ4v) is 4.53. The molecule has 3 aromatic heterocycles. The van der Waals surface area contributed by atoms with E-state index in [1.807, 2.05) is 30.7 Å². The summed E-state index contributed by atoms with van der Waals surface area (Å²) in [5.74, 6) is 3.20. The number of pyridine rings is 2. The van der Waals surface area contributed by atoms with Crippen molar-refractivity contribution in [2.45, 2.75) is 31.2 Å². The predicted molar refractivity (Wildman–Crippen MR) is 120 cm³/mol. The van der Waals surface area contributed by atoms with Crippen LogP contribution in [0.25, 0.3) is 22.3 Å². The normalized spacial score (nSPS) is 21.5. The Bertz CT molecular complexity index is 1090. The molecule has 2 N–H and O–H groups in total. The summed E-state index contributed by atoms with van der Waals surface area (Å²) in [5, 5.41) is 8.10. The van der Waals surface area contributed by atoms with Gasteiger partial charge in [0.1, 0.15) is 11.6 Å². The number of nitrogens with zero attached hydrogens (tertiary/aromatic N) is 5. The van der Waals surface area contributed by atoms with E-state index >= 15 is 0 Å². The van der Waals surface area contributed by atoms with Crippen LogP contribution in [-0.2, 0) is 4.74 Å². The van der Waals surface area contributed by atoms with Gasteiger partial charge in [-0.15, -0.1) is 0 Å². The quantitative estimate of drug-likeness (QED) is 0.655. The van der Waals surface area contributed by atoms with Gasteiger partial charge in [0.25, 0.3) is 0 Å². The number of rotatable bonds is 5. The Hall–Kier alpha value is -2.84. The number of piperazine rings is 1. The first-order valence-electron chi connectivity index (χ1n) is 11.3. The van der Waals surface area contributed by atoms with Gasteiger partial charge >= 0.3 is 0 Å². The van der Waals surface area contributed by atoms with E-state index in [4.69, 9.17) is 14.7 Å². The van der Waals surface area contributed by atoms with Crippen LogP contribution in [-0.4, -0.2) is 65.4 Å². The first kappa shape index (κ1) is 18.9. The lowest BCUT2D eigenvalue weighted by atomic mass is 10.1. The minimum atomic E-state index is 0.307. The number of nitrogens with one attached hydrogen (secondary N) is 2. The van der Waals surface area contributed by atoms with E-state index in [1.54, 1.807) is 0 Å². The zero-order valence-electron chi connectivity index (χ0n) is 17.5. The van der Waals surface area contributed by atoms with Crippen LogP contribution in [0.2, 0.25) is 0 Å². The van der Waals surface area contributed by atoms with Crippen molar-refractivity contribution in [2.24, 2.45) is 0 Å². The molecule has 160 valence electrons. The van der Waals surface area contributed by atoms with Gasteiger partial charge in [0.2, 0.25) is 0 Å². The third-order valence-electron chi connectivity index (χ3n) is 6.35. The number of hydrogen-bond donors (Lipinski definition) is 2. The monoisotopic (exact) mass is 417 g/mol. The molecule has 1 saturated carbocycles. The van der Waals surface area contributed by atoms with Crippen molar-refractivity contribution in [1.29, 1.82) is 0 Å². The van der Waals surface area contributed by atoms with Crippen LogP contribution in [0.5, 0.6) is 0 Å². The number of anilines is 2. The molecule has 0 radical (unpaired) electrons. The Balaban J connectivity index is 1.43. The van der Waals surface area contributed by atoms with Gasteiger partial charge in [0, 0.05) is 56.1 Å². The first-order valence-corrected chi connectivity index (χ1v) is 11.3. The zero-order chi connectivity index (χ0) is 20.6. The highest BCUT2D eigenvalue weighted by Gasteiger charge is 2.29. The SMILES string of the molecule is c1cc(-c2nc(N3CCNCC3)c3c(C4CC4)cncc3n2)cc(N[C@@H]2CCOC2)n1. The van der Waals surface area contributed by atoms with Gasteiger partial charge in [-0.2, -0.15) is 0 Å². The molecular weight excluding hydrogens is 390 g/mol. The van der Waals surface area contributed by atoms with Crippen LogP contribution in [0.3, 0.4) is 0 Å². The second-order valence-electron chi connectivity index (χ2n) is 8.64. The molecule has 3 fully saturated rings. The number of ether oxygens (including phenoxy) is 1. The molecule has 8 heteroatoms. The van der Waals surface area contributed by atoms with E-state index in [1.165, 1.54) is 23.8 Å². The molecule has 2 saturated heterocycles. The first-order chi connectivity index (χ1) is 15.3. The summed E-state index contributed by atoms with van der Waals surface area (Å²) in [6.07, 6.45) is 9.19. The number of hydrogen-bond acceptors (Lipinski definition) is 8. The van der Waals surface area contributed by atoms with Gasteiger partial charge in [-0.3, -0.25) is 4.98 Å². The molecule has 0 bridgehead atoms. The Morgan fingerprint density at radius 1 is 1.10 bits per heavy atom. The van der Waals surface area contributed by atoms with Gasteiger partial charge in [0.05, 0.1) is 24.4 Å². The number of aromatic nitrogens is 4. The maximum atomic E-state index is 5.48. The molecule has 3 aliphatic rings. The Morgan fingerprint density at radius 2 is 2.00 bits per heavy atom. The molecule has 1 atom stereocenters. The molecule has 31 heavy (non-hydrogen) atoms. The van der Waals surface area contributed by atoms with Crippen LogP contribution < -0.4 is 15.5 Å². The fraction of sp³-hybridized carbons (Fsp3) is 0.478. The highest BCUT2D eigenvalue weighted by Crippen LogP contribution is 2.44.